The average molecular weight is 363 g/mol. The predicted octanol–water partition coefficient (Wildman–Crippen LogP) is 4.07. The van der Waals surface area contributed by atoms with E-state index in [1.807, 2.05) is 32.9 Å². The molecule has 1 unspecified atom stereocenters. The molecule has 2 rings (SSSR count). The average Bonchev–Trinajstić information content (AvgIpc) is 2.49. The number of rotatable bonds is 1. The van der Waals surface area contributed by atoms with Crippen LogP contribution in [0.5, 0.6) is 5.75 Å². The fourth-order valence-electron chi connectivity index (χ4n) is 3.61. The van der Waals surface area contributed by atoms with E-state index in [4.69, 9.17) is 9.57 Å². The molecule has 0 heterocycles. The largest absolute Gasteiger partial charge is 0.508 e. The van der Waals surface area contributed by atoms with E-state index in [9.17, 15) is 14.7 Å². The molecule has 2 atom stereocenters. The molecule has 0 bridgehead atoms. The topological polar surface area (TPSA) is 84.9 Å². The highest BCUT2D eigenvalue weighted by Gasteiger charge is 2.43. The Kier molecular flexibility index (Phi) is 5.54. The van der Waals surface area contributed by atoms with Gasteiger partial charge in [0.05, 0.1) is 5.92 Å². The molecular formula is C20H29NO5. The van der Waals surface area contributed by atoms with Crippen LogP contribution in [0.15, 0.2) is 18.2 Å². The van der Waals surface area contributed by atoms with Crippen molar-refractivity contribution in [1.29, 1.82) is 0 Å². The Hall–Kier alpha value is -2.24. The Bertz CT molecular complexity index is 684. The van der Waals surface area contributed by atoms with Crippen LogP contribution in [0.1, 0.15) is 65.0 Å². The molecule has 0 fully saturated rings. The highest BCUT2D eigenvalue weighted by atomic mass is 16.7. The minimum absolute atomic E-state index is 0.194. The van der Waals surface area contributed by atoms with Gasteiger partial charge >= 0.3 is 12.1 Å². The van der Waals surface area contributed by atoms with Gasteiger partial charge in [-0.2, -0.15) is 0 Å². The van der Waals surface area contributed by atoms with Gasteiger partial charge in [-0.1, -0.05) is 32.9 Å². The lowest BCUT2D eigenvalue weighted by molar-refractivity contribution is -0.158. The maximum absolute atomic E-state index is 12.7. The normalized spacial score (nSPS) is 20.1. The summed E-state index contributed by atoms with van der Waals surface area (Å²) in [5.74, 6) is -1.02. The zero-order chi connectivity index (χ0) is 19.7. The van der Waals surface area contributed by atoms with Gasteiger partial charge in [-0.25, -0.2) is 9.59 Å². The summed E-state index contributed by atoms with van der Waals surface area (Å²) in [6, 6.07) is 5.44. The molecule has 0 saturated carbocycles. The minimum atomic E-state index is -0.808. The summed E-state index contributed by atoms with van der Waals surface area (Å²) in [6.45, 7) is 11.3. The Morgan fingerprint density at radius 1 is 1.15 bits per heavy atom. The lowest BCUT2D eigenvalue weighted by Crippen LogP contribution is -2.40. The Balaban J connectivity index is 2.19. The number of phenols is 1. The van der Waals surface area contributed by atoms with Crippen LogP contribution in [-0.4, -0.2) is 22.8 Å². The van der Waals surface area contributed by atoms with E-state index in [-0.39, 0.29) is 17.1 Å². The molecule has 1 aromatic rings. The van der Waals surface area contributed by atoms with Crippen molar-refractivity contribution in [3.05, 3.63) is 29.3 Å². The zero-order valence-corrected chi connectivity index (χ0v) is 16.4. The fraction of sp³-hybridized carbons (Fsp3) is 0.600. The number of aryl methyl sites for hydroxylation is 1. The van der Waals surface area contributed by atoms with Gasteiger partial charge in [0, 0.05) is 11.5 Å². The quantitative estimate of drug-likeness (QED) is 0.735. The van der Waals surface area contributed by atoms with Crippen molar-refractivity contribution in [3.8, 4) is 5.75 Å². The van der Waals surface area contributed by atoms with Crippen LogP contribution in [0.25, 0.3) is 0 Å². The first-order chi connectivity index (χ1) is 11.9. The predicted molar refractivity (Wildman–Crippen MR) is 97.6 cm³/mol. The molecule has 0 spiro atoms. The fourth-order valence-corrected chi connectivity index (χ4v) is 3.61. The Morgan fingerprint density at radius 2 is 1.81 bits per heavy atom. The molecule has 1 aliphatic carbocycles. The molecule has 1 amide bonds. The number of carbonyl (C=O) groups excluding carboxylic acids is 2. The molecule has 0 aliphatic heterocycles. The summed E-state index contributed by atoms with van der Waals surface area (Å²) < 4.78 is 5.08. The number of hydroxylamine groups is 1. The number of hydrogen-bond donors (Lipinski definition) is 2. The van der Waals surface area contributed by atoms with Crippen LogP contribution >= 0.6 is 0 Å². The standard InChI is InChI=1S/C20H29NO5/c1-19(2,3)16-13(11-10-12-8-7-9-14(22)15(12)16)17(23)26-21-18(24)25-20(4,5)6/h7-9,13,16,22H,10-11H2,1-6H3,(H,21,24)/t13-,16?/m0/s1. The van der Waals surface area contributed by atoms with Crippen LogP contribution in [0, 0.1) is 11.3 Å². The smallest absolute Gasteiger partial charge is 0.441 e. The summed E-state index contributed by atoms with van der Waals surface area (Å²) in [6.07, 6.45) is 0.452. The van der Waals surface area contributed by atoms with Gasteiger partial charge in [-0.3, -0.25) is 0 Å². The molecule has 26 heavy (non-hydrogen) atoms. The van der Waals surface area contributed by atoms with Crippen molar-refractivity contribution >= 4 is 12.1 Å². The Labute approximate surface area is 154 Å². The lowest BCUT2D eigenvalue weighted by atomic mass is 9.63. The lowest BCUT2D eigenvalue weighted by Gasteiger charge is -2.40. The molecular weight excluding hydrogens is 334 g/mol. The summed E-state index contributed by atoms with van der Waals surface area (Å²) in [7, 11) is 0. The first kappa shape index (κ1) is 20.1. The number of phenolic OH excluding ortho intramolecular Hbond substituents is 1. The van der Waals surface area contributed by atoms with Gasteiger partial charge in [0.15, 0.2) is 0 Å². The third-order valence-corrected chi connectivity index (χ3v) is 4.48. The second kappa shape index (κ2) is 7.17. The van der Waals surface area contributed by atoms with Gasteiger partial charge in [0.2, 0.25) is 0 Å². The first-order valence-corrected chi connectivity index (χ1v) is 8.90. The highest BCUT2D eigenvalue weighted by Crippen LogP contribution is 2.50. The summed E-state index contributed by atoms with van der Waals surface area (Å²) >= 11 is 0. The zero-order valence-electron chi connectivity index (χ0n) is 16.4. The third kappa shape index (κ3) is 4.68. The van der Waals surface area contributed by atoms with Crippen LogP contribution in [0.2, 0.25) is 0 Å². The van der Waals surface area contributed by atoms with E-state index >= 15 is 0 Å². The van der Waals surface area contributed by atoms with Gasteiger partial charge in [0.25, 0.3) is 0 Å². The molecule has 0 aromatic heterocycles. The SMILES string of the molecule is CC(C)(C)OC(=O)NOC(=O)[C@H]1CCc2cccc(O)c2C1C(C)(C)C. The van der Waals surface area contributed by atoms with Crippen molar-refractivity contribution in [3.63, 3.8) is 0 Å². The van der Waals surface area contributed by atoms with E-state index in [2.05, 4.69) is 5.48 Å². The van der Waals surface area contributed by atoms with Gasteiger partial charge in [0.1, 0.15) is 11.4 Å². The maximum atomic E-state index is 12.7. The maximum Gasteiger partial charge on any atom is 0.441 e. The summed E-state index contributed by atoms with van der Waals surface area (Å²) in [5, 5.41) is 10.4. The number of fused-ring (bicyclic) bond motifs is 1. The minimum Gasteiger partial charge on any atom is -0.508 e. The number of aromatic hydroxyl groups is 1. The Morgan fingerprint density at radius 3 is 2.38 bits per heavy atom. The van der Waals surface area contributed by atoms with Crippen molar-refractivity contribution < 1.29 is 24.3 Å². The van der Waals surface area contributed by atoms with Crippen molar-refractivity contribution in [1.82, 2.24) is 5.48 Å². The van der Waals surface area contributed by atoms with Crippen molar-refractivity contribution in [2.24, 2.45) is 11.3 Å². The molecule has 144 valence electrons. The van der Waals surface area contributed by atoms with Crippen LogP contribution < -0.4 is 5.48 Å². The number of hydrogen-bond acceptors (Lipinski definition) is 5. The number of ether oxygens (including phenoxy) is 1. The van der Waals surface area contributed by atoms with E-state index in [1.54, 1.807) is 26.8 Å². The number of benzene rings is 1. The number of nitrogens with one attached hydrogen (secondary N) is 1. The second-order valence-electron chi connectivity index (χ2n) is 8.86. The molecule has 2 N–H and O–H groups in total. The van der Waals surface area contributed by atoms with Gasteiger partial charge in [-0.05, 0) is 50.7 Å². The molecule has 1 aliphatic rings. The van der Waals surface area contributed by atoms with E-state index in [1.165, 1.54) is 0 Å². The first-order valence-electron chi connectivity index (χ1n) is 8.90. The monoisotopic (exact) mass is 363 g/mol. The summed E-state index contributed by atoms with van der Waals surface area (Å²) in [4.78, 5) is 29.4. The molecule has 6 heteroatoms. The van der Waals surface area contributed by atoms with Crippen LogP contribution in [0.4, 0.5) is 4.79 Å². The molecule has 0 saturated heterocycles. The second-order valence-corrected chi connectivity index (χ2v) is 8.86. The van der Waals surface area contributed by atoms with Crippen molar-refractivity contribution in [2.75, 3.05) is 0 Å². The number of amides is 1. The van der Waals surface area contributed by atoms with Gasteiger partial charge in [-0.15, -0.1) is 5.48 Å². The van der Waals surface area contributed by atoms with Gasteiger partial charge < -0.3 is 14.7 Å². The number of carbonyl (C=O) groups is 2. The van der Waals surface area contributed by atoms with Crippen molar-refractivity contribution in [2.45, 2.75) is 65.9 Å². The third-order valence-electron chi connectivity index (χ3n) is 4.48. The molecule has 6 nitrogen and oxygen atoms in total. The highest BCUT2D eigenvalue weighted by molar-refractivity contribution is 5.77. The van der Waals surface area contributed by atoms with E-state index in [0.29, 0.717) is 12.8 Å². The van der Waals surface area contributed by atoms with E-state index in [0.717, 1.165) is 11.1 Å². The molecule has 1 aromatic carbocycles. The van der Waals surface area contributed by atoms with E-state index < -0.39 is 23.6 Å². The molecule has 0 radical (unpaired) electrons. The summed E-state index contributed by atoms with van der Waals surface area (Å²) in [5.41, 5.74) is 2.97. The van der Waals surface area contributed by atoms with Crippen LogP contribution in [-0.2, 0) is 20.8 Å². The van der Waals surface area contributed by atoms with Crippen LogP contribution in [0.3, 0.4) is 0 Å².